The smallest absolute Gasteiger partial charge is 0.420 e. The van der Waals surface area contributed by atoms with Crippen LogP contribution >= 0.6 is 0 Å². The summed E-state index contributed by atoms with van der Waals surface area (Å²) in [5.41, 5.74) is -7.94. The molecule has 1 N–H and O–H groups in total. The first-order valence-corrected chi connectivity index (χ1v) is 22.2. The Bertz CT molecular complexity index is 2750. The molecule has 0 radical (unpaired) electrons. The molecular formula is C48H49F8N7O6. The Balaban J connectivity index is 1.24. The summed E-state index contributed by atoms with van der Waals surface area (Å²) in [6.45, 7) is 5.67. The minimum absolute atomic E-state index is 0.0438. The van der Waals surface area contributed by atoms with Crippen molar-refractivity contribution in [1.82, 2.24) is 19.9 Å². The maximum absolute atomic E-state index is 17.9. The second-order valence-electron chi connectivity index (χ2n) is 19.0. The molecule has 2 aromatic heterocycles. The van der Waals surface area contributed by atoms with Crippen molar-refractivity contribution in [3.8, 4) is 28.6 Å². The molecule has 3 fully saturated rings. The van der Waals surface area contributed by atoms with Crippen molar-refractivity contribution < 1.29 is 64.0 Å². The van der Waals surface area contributed by atoms with Gasteiger partial charge in [-0.1, -0.05) is 24.3 Å². The number of ether oxygens (including phenoxy) is 4. The Morgan fingerprint density at radius 3 is 2.01 bits per heavy atom. The number of benzene rings is 3. The lowest BCUT2D eigenvalue weighted by Crippen LogP contribution is -2.69. The molecule has 4 aliphatic heterocycles. The molecule has 5 aromatic rings. The lowest BCUT2D eigenvalue weighted by molar-refractivity contribution is -0.267. The first-order valence-electron chi connectivity index (χ1n) is 22.2. The normalized spacial score (nSPS) is 20.8. The first kappa shape index (κ1) is 47.7. The van der Waals surface area contributed by atoms with Crippen LogP contribution in [-0.2, 0) is 24.0 Å². The molecule has 13 nitrogen and oxygen atoms in total. The Morgan fingerprint density at radius 1 is 0.884 bits per heavy atom. The van der Waals surface area contributed by atoms with Crippen molar-refractivity contribution in [3.63, 3.8) is 0 Å². The van der Waals surface area contributed by atoms with Gasteiger partial charge in [-0.3, -0.25) is 4.90 Å². The lowest BCUT2D eigenvalue weighted by Gasteiger charge is -2.49. The van der Waals surface area contributed by atoms with E-state index in [1.165, 1.54) is 19.1 Å². The quantitative estimate of drug-likeness (QED) is 0.142. The molecule has 3 saturated heterocycles. The SMILES string of the molecule is COc1ccc(CN(Cc2ccc(OC)cc2)c2cc(-c3nc4c5c(nc(N6CC(O)(C(F)(F)F)C6)nc5c3F)N3C[C@H]5CC[C@@H]([C@H]3[C@H](C)O4)N5C(=O)OC(C)(C)C)c(C(F)(F)F)c(C)c2F)cc1. The maximum Gasteiger partial charge on any atom is 0.420 e. The summed E-state index contributed by atoms with van der Waals surface area (Å²) in [5.74, 6) is -2.51. The predicted octanol–water partition coefficient (Wildman–Crippen LogP) is 9.37. The van der Waals surface area contributed by atoms with E-state index in [0.717, 1.165) is 17.9 Å². The Kier molecular flexibility index (Phi) is 11.7. The van der Waals surface area contributed by atoms with Crippen LogP contribution in [-0.4, -0.2) is 107 Å². The third-order valence-electron chi connectivity index (χ3n) is 13.2. The van der Waals surface area contributed by atoms with Crippen LogP contribution < -0.4 is 28.9 Å². The predicted molar refractivity (Wildman–Crippen MR) is 238 cm³/mol. The van der Waals surface area contributed by atoms with Gasteiger partial charge in [-0.25, -0.2) is 23.5 Å². The number of fused-ring (bicyclic) bond motifs is 5. The number of hydrogen-bond donors (Lipinski definition) is 1. The number of hydrogen-bond acceptors (Lipinski definition) is 12. The number of β-amino-alcohol motifs (C(OH)–C–C–N with tert-alkyl or cyclic N) is 1. The Labute approximate surface area is 391 Å². The molecule has 9 rings (SSSR count). The first-order chi connectivity index (χ1) is 32.4. The van der Waals surface area contributed by atoms with Crippen molar-refractivity contribution in [3.05, 3.63) is 88.5 Å². The average Bonchev–Trinajstić information content (AvgIpc) is 3.52. The molecule has 4 atom stereocenters. The molecule has 4 aliphatic rings. The largest absolute Gasteiger partial charge is 0.497 e. The van der Waals surface area contributed by atoms with Crippen molar-refractivity contribution in [1.29, 1.82) is 0 Å². The highest BCUT2D eigenvalue weighted by Gasteiger charge is 2.62. The zero-order valence-corrected chi connectivity index (χ0v) is 38.6. The van der Waals surface area contributed by atoms with Crippen LogP contribution in [0.5, 0.6) is 17.4 Å². The molecule has 368 valence electrons. The van der Waals surface area contributed by atoms with Crippen molar-refractivity contribution in [2.45, 2.75) is 108 Å². The summed E-state index contributed by atoms with van der Waals surface area (Å²) in [7, 11) is 2.96. The van der Waals surface area contributed by atoms with Gasteiger partial charge in [0.05, 0.1) is 56.7 Å². The Hall–Kier alpha value is -6.38. The van der Waals surface area contributed by atoms with Crippen LogP contribution in [0.3, 0.4) is 0 Å². The van der Waals surface area contributed by atoms with E-state index < -0.39 is 118 Å². The highest BCUT2D eigenvalue weighted by Crippen LogP contribution is 2.50. The number of aliphatic hydroxyl groups is 1. The van der Waals surface area contributed by atoms with Gasteiger partial charge in [0.2, 0.25) is 11.8 Å². The van der Waals surface area contributed by atoms with Crippen LogP contribution in [0.4, 0.5) is 57.4 Å². The number of carbonyl (C=O) groups is 1. The number of amides is 1. The highest BCUT2D eigenvalue weighted by atomic mass is 19.4. The van der Waals surface area contributed by atoms with Crippen LogP contribution in [0.1, 0.15) is 62.8 Å². The number of piperazine rings is 1. The van der Waals surface area contributed by atoms with E-state index in [-0.39, 0.29) is 36.5 Å². The number of methoxy groups -OCH3 is 2. The van der Waals surface area contributed by atoms with Gasteiger partial charge in [-0.05, 0) is 94.5 Å². The third-order valence-corrected chi connectivity index (χ3v) is 13.2. The molecule has 0 unspecified atom stereocenters. The minimum Gasteiger partial charge on any atom is -0.497 e. The fraction of sp³-hybridized carbons (Fsp3) is 0.458. The summed E-state index contributed by atoms with van der Waals surface area (Å²) in [5, 5.41) is 10.3. The van der Waals surface area contributed by atoms with Gasteiger partial charge in [0, 0.05) is 25.2 Å². The van der Waals surface area contributed by atoms with Gasteiger partial charge in [0.25, 0.3) is 0 Å². The topological polar surface area (TPSA) is 126 Å². The molecule has 21 heteroatoms. The van der Waals surface area contributed by atoms with Crippen molar-refractivity contribution in [2.75, 3.05) is 48.6 Å². The standard InChI is InChI=1S/C48H49F8N7O6/c1-24-35(47(51,52)53)31(18-33(36(24)49)60(19-26-8-13-29(66-6)14-9-26)20-27-10-15-30(67-7)16-11-27)38-37(50)39-34-41(59-43(58-39)61-22-46(65,23-61)48(54,55)56)62-21-28-12-17-32(40(62)25(2)68-42(34)57-38)63(28)44(64)69-45(3,4)5/h8-11,13-16,18,25,28,32,40,65H,12,17,19-23H2,1-7H3/t25-,28+,32-,40+/m0/s1. The highest BCUT2D eigenvalue weighted by molar-refractivity contribution is 5.98. The van der Waals surface area contributed by atoms with E-state index in [2.05, 4.69) is 15.0 Å². The lowest BCUT2D eigenvalue weighted by atomic mass is 9.94. The minimum atomic E-state index is -5.28. The van der Waals surface area contributed by atoms with E-state index in [4.69, 9.17) is 18.9 Å². The van der Waals surface area contributed by atoms with Gasteiger partial charge in [0.15, 0.2) is 11.4 Å². The van der Waals surface area contributed by atoms with Crippen LogP contribution in [0, 0.1) is 18.6 Å². The van der Waals surface area contributed by atoms with E-state index in [9.17, 15) is 23.1 Å². The molecule has 2 bridgehead atoms. The van der Waals surface area contributed by atoms with Gasteiger partial charge >= 0.3 is 18.4 Å². The zero-order valence-electron chi connectivity index (χ0n) is 38.6. The molecule has 6 heterocycles. The summed E-state index contributed by atoms with van der Waals surface area (Å²) < 4.78 is 146. The van der Waals surface area contributed by atoms with Crippen molar-refractivity contribution >= 4 is 34.4 Å². The number of nitrogens with zero attached hydrogens (tertiary/aromatic N) is 7. The van der Waals surface area contributed by atoms with Crippen molar-refractivity contribution in [2.24, 2.45) is 0 Å². The zero-order chi connectivity index (χ0) is 49.7. The second kappa shape index (κ2) is 16.9. The number of pyridine rings is 1. The van der Waals surface area contributed by atoms with Crippen LogP contribution in [0.15, 0.2) is 54.6 Å². The third kappa shape index (κ3) is 8.49. The number of halogens is 8. The molecule has 3 aromatic carbocycles. The molecule has 1 amide bonds. The van der Waals surface area contributed by atoms with E-state index in [1.54, 1.807) is 86.0 Å². The maximum atomic E-state index is 17.9. The number of carbonyl (C=O) groups excluding carboxylic acids is 1. The number of aromatic nitrogens is 3. The fourth-order valence-electron chi connectivity index (χ4n) is 9.94. The van der Waals surface area contributed by atoms with Crippen LogP contribution in [0.2, 0.25) is 0 Å². The van der Waals surface area contributed by atoms with Gasteiger partial charge in [0.1, 0.15) is 51.4 Å². The van der Waals surface area contributed by atoms with E-state index >= 15 is 22.0 Å². The summed E-state index contributed by atoms with van der Waals surface area (Å²) in [6, 6.07) is 12.6. The van der Waals surface area contributed by atoms with Gasteiger partial charge < -0.3 is 38.8 Å². The summed E-state index contributed by atoms with van der Waals surface area (Å²) in [6.07, 6.45) is -10.9. The summed E-state index contributed by atoms with van der Waals surface area (Å²) in [4.78, 5) is 33.1. The number of anilines is 3. The number of rotatable bonds is 9. The van der Waals surface area contributed by atoms with Gasteiger partial charge in [-0.15, -0.1) is 0 Å². The monoisotopic (exact) mass is 971 g/mol. The molecule has 0 saturated carbocycles. The molecule has 0 spiro atoms. The van der Waals surface area contributed by atoms with Crippen LogP contribution in [0.25, 0.3) is 22.2 Å². The number of alkyl halides is 6. The van der Waals surface area contributed by atoms with E-state index in [1.807, 2.05) is 0 Å². The van der Waals surface area contributed by atoms with E-state index in [0.29, 0.717) is 35.5 Å². The fourth-order valence-corrected chi connectivity index (χ4v) is 9.94. The molecule has 69 heavy (non-hydrogen) atoms. The summed E-state index contributed by atoms with van der Waals surface area (Å²) >= 11 is 0. The molecular weight excluding hydrogens is 923 g/mol. The molecule has 0 aliphatic carbocycles. The Morgan fingerprint density at radius 2 is 1.48 bits per heavy atom. The van der Waals surface area contributed by atoms with Gasteiger partial charge in [-0.2, -0.15) is 31.3 Å². The average molecular weight is 972 g/mol. The second-order valence-corrected chi connectivity index (χ2v) is 19.0.